The molecule has 0 bridgehead atoms. The number of nitrogens with zero attached hydrogens (tertiary/aromatic N) is 2. The Labute approximate surface area is 225 Å². The van der Waals surface area contributed by atoms with Gasteiger partial charge < -0.3 is 15.0 Å². The van der Waals surface area contributed by atoms with Gasteiger partial charge in [-0.2, -0.15) is 0 Å². The molecule has 2 amide bonds. The first-order chi connectivity index (χ1) is 18.2. The lowest BCUT2D eigenvalue weighted by Crippen LogP contribution is -2.52. The molecule has 0 aromatic heterocycles. The van der Waals surface area contributed by atoms with E-state index in [9.17, 15) is 18.0 Å². The summed E-state index contributed by atoms with van der Waals surface area (Å²) >= 11 is 0. The second-order valence-electron chi connectivity index (χ2n) is 9.00. The van der Waals surface area contributed by atoms with Gasteiger partial charge in [0, 0.05) is 12.6 Å². The third kappa shape index (κ3) is 6.92. The Kier molecular flexibility index (Phi) is 9.90. The van der Waals surface area contributed by atoms with Crippen molar-refractivity contribution in [2.45, 2.75) is 50.7 Å². The number of rotatable bonds is 12. The van der Waals surface area contributed by atoms with E-state index in [2.05, 4.69) is 5.32 Å². The van der Waals surface area contributed by atoms with Crippen LogP contribution >= 0.6 is 0 Å². The summed E-state index contributed by atoms with van der Waals surface area (Å²) in [6, 6.07) is 22.9. The number of amides is 2. The fourth-order valence-corrected chi connectivity index (χ4v) is 5.34. The number of ether oxygens (including phenoxy) is 1. The highest BCUT2D eigenvalue weighted by atomic mass is 32.2. The first-order valence-corrected chi connectivity index (χ1v) is 14.0. The Morgan fingerprint density at radius 2 is 1.47 bits per heavy atom. The number of carbonyl (C=O) groups is 2. The number of anilines is 1. The largest absolute Gasteiger partial charge is 0.495 e. The minimum absolute atomic E-state index is 0.0378. The molecule has 0 saturated heterocycles. The molecule has 1 N–H and O–H groups in total. The summed E-state index contributed by atoms with van der Waals surface area (Å²) in [5.41, 5.74) is 1.04. The average molecular weight is 538 g/mol. The van der Waals surface area contributed by atoms with Gasteiger partial charge in [0.1, 0.15) is 18.3 Å². The molecule has 2 atom stereocenters. The van der Waals surface area contributed by atoms with Crippen LogP contribution in [0.3, 0.4) is 0 Å². The van der Waals surface area contributed by atoms with Gasteiger partial charge in [-0.05, 0) is 50.1 Å². The number of carbonyl (C=O) groups excluding carboxylic acids is 2. The predicted molar refractivity (Wildman–Crippen MR) is 148 cm³/mol. The molecule has 38 heavy (non-hydrogen) atoms. The number of methoxy groups -OCH3 is 1. The Bertz CT molecular complexity index is 1320. The van der Waals surface area contributed by atoms with Gasteiger partial charge in [-0.1, -0.05) is 67.6 Å². The standard InChI is InChI=1S/C29H35N3O5S/c1-5-22(2)30-29(34)23(3)31(20-24-14-8-6-9-15-24)28(33)21-32(26-18-12-13-19-27(26)37-4)38(35,36)25-16-10-7-11-17-25/h6-19,22-23H,5,20-21H2,1-4H3,(H,30,34)/t22-,23+/m0/s1. The predicted octanol–water partition coefficient (Wildman–Crippen LogP) is 4.22. The van der Waals surface area contributed by atoms with Crippen LogP contribution in [0.2, 0.25) is 0 Å². The first kappa shape index (κ1) is 28.7. The highest BCUT2D eigenvalue weighted by molar-refractivity contribution is 7.92. The van der Waals surface area contributed by atoms with E-state index in [1.54, 1.807) is 49.4 Å². The molecule has 0 heterocycles. The first-order valence-electron chi connectivity index (χ1n) is 12.5. The van der Waals surface area contributed by atoms with E-state index >= 15 is 0 Å². The number of benzene rings is 3. The van der Waals surface area contributed by atoms with Crippen LogP contribution in [0.15, 0.2) is 89.8 Å². The molecule has 0 saturated carbocycles. The van der Waals surface area contributed by atoms with Crippen LogP contribution < -0.4 is 14.4 Å². The average Bonchev–Trinajstić information content (AvgIpc) is 2.94. The van der Waals surface area contributed by atoms with Crippen LogP contribution in [0.1, 0.15) is 32.8 Å². The summed E-state index contributed by atoms with van der Waals surface area (Å²) in [7, 11) is -2.71. The quantitative estimate of drug-likeness (QED) is 0.373. The molecule has 0 aliphatic carbocycles. The van der Waals surface area contributed by atoms with Crippen molar-refractivity contribution in [2.75, 3.05) is 18.0 Å². The van der Waals surface area contributed by atoms with Gasteiger partial charge in [0.25, 0.3) is 10.0 Å². The van der Waals surface area contributed by atoms with E-state index in [1.165, 1.54) is 24.1 Å². The van der Waals surface area contributed by atoms with Gasteiger partial charge in [-0.15, -0.1) is 0 Å². The lowest BCUT2D eigenvalue weighted by atomic mass is 10.1. The fraction of sp³-hybridized carbons (Fsp3) is 0.310. The lowest BCUT2D eigenvalue weighted by molar-refractivity contribution is -0.139. The molecule has 3 aromatic carbocycles. The van der Waals surface area contributed by atoms with Crippen molar-refractivity contribution < 1.29 is 22.7 Å². The van der Waals surface area contributed by atoms with E-state index in [0.29, 0.717) is 5.75 Å². The van der Waals surface area contributed by atoms with Gasteiger partial charge in [0.2, 0.25) is 11.8 Å². The van der Waals surface area contributed by atoms with Crippen molar-refractivity contribution in [1.82, 2.24) is 10.2 Å². The summed E-state index contributed by atoms with van der Waals surface area (Å²) in [4.78, 5) is 28.4. The Hall–Kier alpha value is -3.85. The van der Waals surface area contributed by atoms with Gasteiger partial charge in [0.15, 0.2) is 0 Å². The van der Waals surface area contributed by atoms with E-state index in [0.717, 1.165) is 16.3 Å². The molecular weight excluding hydrogens is 502 g/mol. The van der Waals surface area contributed by atoms with Crippen molar-refractivity contribution in [3.8, 4) is 5.75 Å². The van der Waals surface area contributed by atoms with Crippen molar-refractivity contribution in [2.24, 2.45) is 0 Å². The monoisotopic (exact) mass is 537 g/mol. The molecule has 202 valence electrons. The number of sulfonamides is 1. The number of hydrogen-bond acceptors (Lipinski definition) is 5. The van der Waals surface area contributed by atoms with Crippen LogP contribution in [-0.4, -0.2) is 50.9 Å². The van der Waals surface area contributed by atoms with Crippen LogP contribution in [0.25, 0.3) is 0 Å². The van der Waals surface area contributed by atoms with Crippen LogP contribution in [0.4, 0.5) is 5.69 Å². The SMILES string of the molecule is CC[C@H](C)NC(=O)[C@@H](C)N(Cc1ccccc1)C(=O)CN(c1ccccc1OC)S(=O)(=O)c1ccccc1. The van der Waals surface area contributed by atoms with Crippen LogP contribution in [0, 0.1) is 0 Å². The van der Waals surface area contributed by atoms with Crippen LogP contribution in [0.5, 0.6) is 5.75 Å². The molecule has 0 radical (unpaired) electrons. The number of hydrogen-bond donors (Lipinski definition) is 1. The minimum atomic E-state index is -4.15. The third-order valence-corrected chi connectivity index (χ3v) is 8.10. The van der Waals surface area contributed by atoms with Crippen molar-refractivity contribution in [3.05, 3.63) is 90.5 Å². The highest BCUT2D eigenvalue weighted by Crippen LogP contribution is 2.32. The third-order valence-electron chi connectivity index (χ3n) is 6.33. The number of para-hydroxylation sites is 2. The summed E-state index contributed by atoms with van der Waals surface area (Å²) in [5, 5.41) is 2.93. The Morgan fingerprint density at radius 3 is 2.08 bits per heavy atom. The zero-order chi connectivity index (χ0) is 27.7. The number of nitrogens with one attached hydrogen (secondary N) is 1. The van der Waals surface area contributed by atoms with E-state index < -0.39 is 28.5 Å². The van der Waals surface area contributed by atoms with Crippen molar-refractivity contribution in [3.63, 3.8) is 0 Å². The highest BCUT2D eigenvalue weighted by Gasteiger charge is 2.33. The normalized spacial score (nSPS) is 12.7. The molecule has 0 aliphatic rings. The minimum Gasteiger partial charge on any atom is -0.495 e. The lowest BCUT2D eigenvalue weighted by Gasteiger charge is -2.32. The van der Waals surface area contributed by atoms with Crippen molar-refractivity contribution >= 4 is 27.5 Å². The topological polar surface area (TPSA) is 96.0 Å². The molecule has 9 heteroatoms. The Balaban J connectivity index is 2.03. The van der Waals surface area contributed by atoms with E-state index in [-0.39, 0.29) is 29.1 Å². The zero-order valence-electron chi connectivity index (χ0n) is 22.2. The zero-order valence-corrected chi connectivity index (χ0v) is 23.0. The van der Waals surface area contributed by atoms with Gasteiger partial charge in [-0.25, -0.2) is 8.42 Å². The molecule has 0 spiro atoms. The molecular formula is C29H35N3O5S. The molecule has 0 unspecified atom stereocenters. The Morgan fingerprint density at radius 1 is 0.895 bits per heavy atom. The van der Waals surface area contributed by atoms with E-state index in [4.69, 9.17) is 4.74 Å². The molecule has 3 rings (SSSR count). The maximum Gasteiger partial charge on any atom is 0.264 e. The molecule has 8 nitrogen and oxygen atoms in total. The molecule has 0 aliphatic heterocycles. The van der Waals surface area contributed by atoms with Gasteiger partial charge >= 0.3 is 0 Å². The van der Waals surface area contributed by atoms with Gasteiger partial charge in [0.05, 0.1) is 17.7 Å². The molecule has 0 fully saturated rings. The maximum atomic E-state index is 13.9. The summed E-state index contributed by atoms with van der Waals surface area (Å²) in [6.07, 6.45) is 0.738. The second kappa shape index (κ2) is 13.1. The summed E-state index contributed by atoms with van der Waals surface area (Å²) in [5.74, 6) is -0.526. The van der Waals surface area contributed by atoms with Crippen molar-refractivity contribution in [1.29, 1.82) is 0 Å². The van der Waals surface area contributed by atoms with Gasteiger partial charge in [-0.3, -0.25) is 13.9 Å². The smallest absolute Gasteiger partial charge is 0.264 e. The van der Waals surface area contributed by atoms with Crippen LogP contribution in [-0.2, 0) is 26.2 Å². The summed E-state index contributed by atoms with van der Waals surface area (Å²) in [6.45, 7) is 5.12. The molecule has 3 aromatic rings. The summed E-state index contributed by atoms with van der Waals surface area (Å²) < 4.78 is 34.1. The maximum absolute atomic E-state index is 13.9. The second-order valence-corrected chi connectivity index (χ2v) is 10.9. The fourth-order valence-electron chi connectivity index (χ4n) is 3.90. The van der Waals surface area contributed by atoms with E-state index in [1.807, 2.05) is 44.2 Å².